The second-order valence-corrected chi connectivity index (χ2v) is 8.74. The molecule has 5 rings (SSSR count). The van der Waals surface area contributed by atoms with Crippen molar-refractivity contribution in [2.24, 2.45) is 0 Å². The van der Waals surface area contributed by atoms with Crippen LogP contribution in [0.4, 0.5) is 11.8 Å². The first kappa shape index (κ1) is 22.0. The van der Waals surface area contributed by atoms with E-state index in [1.807, 2.05) is 18.2 Å². The number of nitrogens with zero attached hydrogens (tertiary/aromatic N) is 4. The Balaban J connectivity index is 1.44. The molecule has 2 aromatic heterocycles. The first-order chi connectivity index (χ1) is 16.1. The molecule has 10 heteroatoms. The lowest BCUT2D eigenvalue weighted by molar-refractivity contribution is -0.0511. The van der Waals surface area contributed by atoms with Gasteiger partial charge in [-0.1, -0.05) is 43.2 Å². The molecule has 2 fully saturated rings. The molecule has 2 aliphatic rings. The first-order valence-corrected chi connectivity index (χ1v) is 11.6. The summed E-state index contributed by atoms with van der Waals surface area (Å²) in [5.41, 5.74) is 2.26. The zero-order chi connectivity index (χ0) is 22.8. The molecule has 3 aromatic rings. The van der Waals surface area contributed by atoms with E-state index in [1.54, 1.807) is 4.57 Å². The van der Waals surface area contributed by atoms with Crippen LogP contribution in [0.1, 0.15) is 37.5 Å². The highest BCUT2D eigenvalue weighted by molar-refractivity contribution is 5.84. The fourth-order valence-corrected chi connectivity index (χ4v) is 4.62. The molecule has 0 amide bonds. The Morgan fingerprint density at radius 2 is 1.85 bits per heavy atom. The Bertz CT molecular complexity index is 1070. The summed E-state index contributed by atoms with van der Waals surface area (Å²) in [7, 11) is 0. The molecule has 1 saturated heterocycles. The first-order valence-electron chi connectivity index (χ1n) is 11.6. The van der Waals surface area contributed by atoms with Crippen LogP contribution in [0.25, 0.3) is 11.2 Å². The predicted molar refractivity (Wildman–Crippen MR) is 123 cm³/mol. The van der Waals surface area contributed by atoms with Crippen molar-refractivity contribution in [1.82, 2.24) is 19.5 Å². The number of nitrogens with one attached hydrogen (secondary N) is 2. The smallest absolute Gasteiger partial charge is 0.227 e. The second kappa shape index (κ2) is 9.60. The van der Waals surface area contributed by atoms with Crippen LogP contribution in [0.5, 0.6) is 0 Å². The number of hydrogen-bond acceptors (Lipinski definition) is 9. The summed E-state index contributed by atoms with van der Waals surface area (Å²) in [5, 5.41) is 37.0. The van der Waals surface area contributed by atoms with Crippen molar-refractivity contribution in [3.8, 4) is 0 Å². The molecule has 4 atom stereocenters. The summed E-state index contributed by atoms with van der Waals surface area (Å²) in [4.78, 5) is 13.9. The standard InChI is InChI=1S/C23H30N6O4/c30-12-16-18(31)19(32)22(33-16)29-13-25-17-20(24-11-10-14-6-2-1-3-7-14)27-23(28-21(17)29)26-15-8-4-5-9-15/h1-3,6-7,13,15-16,18-19,22,30-32H,4-5,8-12H2,(H2,24,26,27,28)/t16-,18-,19-,22-/m1/s1. The molecule has 1 saturated carbocycles. The Kier molecular flexibility index (Phi) is 6.41. The number of ether oxygens (including phenoxy) is 1. The van der Waals surface area contributed by atoms with Gasteiger partial charge in [0.1, 0.15) is 18.3 Å². The number of aliphatic hydroxyl groups is 3. The van der Waals surface area contributed by atoms with Crippen molar-refractivity contribution in [1.29, 1.82) is 0 Å². The van der Waals surface area contributed by atoms with E-state index in [4.69, 9.17) is 9.72 Å². The molecule has 0 unspecified atom stereocenters. The fourth-order valence-electron chi connectivity index (χ4n) is 4.62. The SMILES string of the molecule is OC[C@H]1O[C@@H](n2cnc3c(NCCc4ccccc4)nc(NC4CCCC4)nc32)[C@H](O)[C@@H]1O. The molecule has 1 aliphatic carbocycles. The van der Waals surface area contributed by atoms with Gasteiger partial charge in [-0.05, 0) is 24.8 Å². The van der Waals surface area contributed by atoms with Crippen molar-refractivity contribution < 1.29 is 20.1 Å². The second-order valence-electron chi connectivity index (χ2n) is 8.74. The van der Waals surface area contributed by atoms with E-state index in [-0.39, 0.29) is 0 Å². The van der Waals surface area contributed by atoms with Gasteiger partial charge >= 0.3 is 0 Å². The third-order valence-corrected chi connectivity index (χ3v) is 6.45. The lowest BCUT2D eigenvalue weighted by Gasteiger charge is -2.18. The molecular weight excluding hydrogens is 424 g/mol. The highest BCUT2D eigenvalue weighted by Crippen LogP contribution is 2.33. The molecule has 176 valence electrons. The number of rotatable bonds is 8. The molecular formula is C23H30N6O4. The Labute approximate surface area is 191 Å². The normalized spacial score (nSPS) is 25.7. The zero-order valence-electron chi connectivity index (χ0n) is 18.3. The van der Waals surface area contributed by atoms with Crippen LogP contribution < -0.4 is 10.6 Å². The zero-order valence-corrected chi connectivity index (χ0v) is 18.3. The van der Waals surface area contributed by atoms with Gasteiger partial charge in [0.15, 0.2) is 23.2 Å². The van der Waals surface area contributed by atoms with E-state index >= 15 is 0 Å². The van der Waals surface area contributed by atoms with Gasteiger partial charge in [-0.3, -0.25) is 4.57 Å². The maximum atomic E-state index is 10.5. The lowest BCUT2D eigenvalue weighted by Crippen LogP contribution is -2.33. The molecule has 3 heterocycles. The van der Waals surface area contributed by atoms with Crippen molar-refractivity contribution >= 4 is 22.9 Å². The van der Waals surface area contributed by atoms with Crippen molar-refractivity contribution in [2.75, 3.05) is 23.8 Å². The van der Waals surface area contributed by atoms with E-state index in [0.717, 1.165) is 19.3 Å². The van der Waals surface area contributed by atoms with Crippen molar-refractivity contribution in [3.05, 3.63) is 42.2 Å². The average molecular weight is 455 g/mol. The number of anilines is 2. The number of fused-ring (bicyclic) bond motifs is 1. The highest BCUT2D eigenvalue weighted by Gasteiger charge is 2.44. The minimum atomic E-state index is -1.21. The third-order valence-electron chi connectivity index (χ3n) is 6.45. The third kappa shape index (κ3) is 4.51. The molecule has 0 radical (unpaired) electrons. The van der Waals surface area contributed by atoms with Crippen LogP contribution in [0, 0.1) is 0 Å². The van der Waals surface area contributed by atoms with Crippen LogP contribution in [-0.2, 0) is 11.2 Å². The van der Waals surface area contributed by atoms with Crippen LogP contribution in [0.3, 0.4) is 0 Å². The highest BCUT2D eigenvalue weighted by atomic mass is 16.6. The lowest BCUT2D eigenvalue weighted by atomic mass is 10.1. The topological polar surface area (TPSA) is 138 Å². The summed E-state index contributed by atoms with van der Waals surface area (Å²) in [6.45, 7) is 0.275. The van der Waals surface area contributed by atoms with Crippen LogP contribution in [-0.4, -0.2) is 72.3 Å². The largest absolute Gasteiger partial charge is 0.394 e. The summed E-state index contributed by atoms with van der Waals surface area (Å²) >= 11 is 0. The summed E-state index contributed by atoms with van der Waals surface area (Å²) < 4.78 is 7.31. The van der Waals surface area contributed by atoms with Crippen molar-refractivity contribution in [3.63, 3.8) is 0 Å². The van der Waals surface area contributed by atoms with E-state index in [2.05, 4.69) is 32.7 Å². The van der Waals surface area contributed by atoms with Gasteiger partial charge in [0.05, 0.1) is 12.9 Å². The Hall–Kier alpha value is -2.79. The van der Waals surface area contributed by atoms with E-state index in [0.29, 0.717) is 35.5 Å². The molecule has 1 aliphatic heterocycles. The number of hydrogen-bond donors (Lipinski definition) is 5. The van der Waals surface area contributed by atoms with E-state index in [1.165, 1.54) is 24.7 Å². The minimum absolute atomic E-state index is 0.324. The fraction of sp³-hybridized carbons (Fsp3) is 0.522. The quantitative estimate of drug-likeness (QED) is 0.342. The summed E-state index contributed by atoms with van der Waals surface area (Å²) in [6, 6.07) is 10.5. The molecule has 0 bridgehead atoms. The van der Waals surface area contributed by atoms with Gasteiger partial charge in [-0.25, -0.2) is 4.98 Å². The van der Waals surface area contributed by atoms with Crippen LogP contribution in [0.2, 0.25) is 0 Å². The predicted octanol–water partition coefficient (Wildman–Crippen LogP) is 1.45. The molecule has 1 aromatic carbocycles. The molecule has 5 N–H and O–H groups in total. The average Bonchev–Trinajstić information content (AvgIpc) is 3.55. The summed E-state index contributed by atoms with van der Waals surface area (Å²) in [5.74, 6) is 1.09. The van der Waals surface area contributed by atoms with E-state index in [9.17, 15) is 15.3 Å². The summed E-state index contributed by atoms with van der Waals surface area (Å²) in [6.07, 6.45) is 2.68. The van der Waals surface area contributed by atoms with E-state index < -0.39 is 31.1 Å². The van der Waals surface area contributed by atoms with Gasteiger partial charge in [0, 0.05) is 12.6 Å². The van der Waals surface area contributed by atoms with Gasteiger partial charge in [0.2, 0.25) is 5.95 Å². The molecule has 0 spiro atoms. The van der Waals surface area contributed by atoms with Crippen LogP contribution >= 0.6 is 0 Å². The number of benzene rings is 1. The van der Waals surface area contributed by atoms with Gasteiger partial charge < -0.3 is 30.7 Å². The molecule has 10 nitrogen and oxygen atoms in total. The van der Waals surface area contributed by atoms with Gasteiger partial charge in [-0.15, -0.1) is 0 Å². The monoisotopic (exact) mass is 454 g/mol. The van der Waals surface area contributed by atoms with Crippen LogP contribution in [0.15, 0.2) is 36.7 Å². The Morgan fingerprint density at radius 1 is 1.06 bits per heavy atom. The molecule has 33 heavy (non-hydrogen) atoms. The maximum absolute atomic E-state index is 10.5. The minimum Gasteiger partial charge on any atom is -0.394 e. The number of aromatic nitrogens is 4. The number of imidazole rings is 1. The Morgan fingerprint density at radius 3 is 2.58 bits per heavy atom. The number of aliphatic hydroxyl groups excluding tert-OH is 3. The van der Waals surface area contributed by atoms with Crippen molar-refractivity contribution in [2.45, 2.75) is 62.7 Å². The van der Waals surface area contributed by atoms with Gasteiger partial charge in [0.25, 0.3) is 0 Å². The maximum Gasteiger partial charge on any atom is 0.227 e. The van der Waals surface area contributed by atoms with Gasteiger partial charge in [-0.2, -0.15) is 9.97 Å².